The molecular weight excluding hydrogens is 354 g/mol. The summed E-state index contributed by atoms with van der Waals surface area (Å²) < 4.78 is 5.23. The Kier molecular flexibility index (Phi) is 7.16. The molecule has 2 N–H and O–H groups in total. The molecule has 2 rings (SSSR count). The first-order chi connectivity index (χ1) is 13.4. The van der Waals surface area contributed by atoms with Crippen LogP contribution in [-0.4, -0.2) is 25.0 Å². The molecule has 0 aliphatic carbocycles. The fourth-order valence-electron chi connectivity index (χ4n) is 2.82. The summed E-state index contributed by atoms with van der Waals surface area (Å²) in [6, 6.07) is 15.0. The van der Waals surface area contributed by atoms with E-state index in [1.54, 1.807) is 48.5 Å². The van der Waals surface area contributed by atoms with Gasteiger partial charge in [0.25, 0.3) is 5.91 Å². The summed E-state index contributed by atoms with van der Waals surface area (Å²) in [7, 11) is 1.50. The molecule has 2 aromatic carbocycles. The molecule has 0 saturated heterocycles. The Morgan fingerprint density at radius 1 is 1.00 bits per heavy atom. The fourth-order valence-corrected chi connectivity index (χ4v) is 2.82. The van der Waals surface area contributed by atoms with Crippen LogP contribution < -0.4 is 15.4 Å². The predicted molar refractivity (Wildman–Crippen MR) is 107 cm³/mol. The van der Waals surface area contributed by atoms with Gasteiger partial charge in [0.2, 0.25) is 5.91 Å². The van der Waals surface area contributed by atoms with Gasteiger partial charge in [0.05, 0.1) is 30.3 Å². The third-order valence-corrected chi connectivity index (χ3v) is 4.49. The first kappa shape index (κ1) is 21.0. The first-order valence-corrected chi connectivity index (χ1v) is 9.11. The summed E-state index contributed by atoms with van der Waals surface area (Å²) in [5, 5.41) is 14.6. The molecule has 2 amide bonds. The molecule has 28 heavy (non-hydrogen) atoms. The normalized spacial score (nSPS) is 12.6. The minimum Gasteiger partial charge on any atom is -0.496 e. The second-order valence-electron chi connectivity index (χ2n) is 6.86. The average Bonchev–Trinajstić information content (AvgIpc) is 2.71. The Morgan fingerprint density at radius 2 is 1.64 bits per heavy atom. The van der Waals surface area contributed by atoms with Gasteiger partial charge in [0.1, 0.15) is 11.8 Å². The predicted octanol–water partition coefficient (Wildman–Crippen LogP) is 3.20. The summed E-state index contributed by atoms with van der Waals surface area (Å²) >= 11 is 0. The van der Waals surface area contributed by atoms with E-state index in [0.717, 1.165) is 5.56 Å². The van der Waals surface area contributed by atoms with Crippen molar-refractivity contribution in [2.75, 3.05) is 7.11 Å². The third-order valence-electron chi connectivity index (χ3n) is 4.49. The van der Waals surface area contributed by atoms with Crippen LogP contribution in [0.1, 0.15) is 48.3 Å². The summed E-state index contributed by atoms with van der Waals surface area (Å²) in [6.45, 7) is 5.61. The van der Waals surface area contributed by atoms with E-state index < -0.39 is 6.04 Å². The van der Waals surface area contributed by atoms with Gasteiger partial charge in [-0.2, -0.15) is 5.26 Å². The van der Waals surface area contributed by atoms with E-state index >= 15 is 0 Å². The molecule has 2 unspecified atom stereocenters. The van der Waals surface area contributed by atoms with Crippen molar-refractivity contribution in [3.05, 3.63) is 65.2 Å². The van der Waals surface area contributed by atoms with Crippen molar-refractivity contribution >= 4 is 11.8 Å². The second-order valence-corrected chi connectivity index (χ2v) is 6.86. The Hall–Kier alpha value is -3.33. The number of nitrogens with one attached hydrogen (secondary N) is 2. The molecule has 0 saturated carbocycles. The van der Waals surface area contributed by atoms with Gasteiger partial charge in [0, 0.05) is 0 Å². The van der Waals surface area contributed by atoms with Crippen LogP contribution in [0.25, 0.3) is 0 Å². The highest BCUT2D eigenvalue weighted by Crippen LogP contribution is 2.18. The molecule has 0 aliphatic heterocycles. The van der Waals surface area contributed by atoms with E-state index in [1.165, 1.54) is 7.11 Å². The molecule has 6 nitrogen and oxygen atoms in total. The highest BCUT2D eigenvalue weighted by molar-refractivity contribution is 5.99. The van der Waals surface area contributed by atoms with E-state index in [2.05, 4.69) is 16.7 Å². The van der Waals surface area contributed by atoms with Gasteiger partial charge in [-0.1, -0.05) is 38.1 Å². The third kappa shape index (κ3) is 5.10. The van der Waals surface area contributed by atoms with Crippen molar-refractivity contribution in [3.8, 4) is 11.8 Å². The number of methoxy groups -OCH3 is 1. The Balaban J connectivity index is 2.10. The molecule has 0 spiro atoms. The lowest BCUT2D eigenvalue weighted by Gasteiger charge is -2.24. The maximum absolute atomic E-state index is 12.8. The Morgan fingerprint density at radius 3 is 2.21 bits per heavy atom. The summed E-state index contributed by atoms with van der Waals surface area (Å²) in [5.74, 6) is -0.284. The van der Waals surface area contributed by atoms with Crippen LogP contribution in [0.5, 0.6) is 5.75 Å². The number of nitrogens with zero attached hydrogens (tertiary/aromatic N) is 1. The number of amides is 2. The fraction of sp³-hybridized carbons (Fsp3) is 0.318. The van der Waals surface area contributed by atoms with Gasteiger partial charge in [-0.3, -0.25) is 9.59 Å². The highest BCUT2D eigenvalue weighted by Gasteiger charge is 2.26. The van der Waals surface area contributed by atoms with Crippen LogP contribution in [0, 0.1) is 17.2 Å². The maximum Gasteiger partial charge on any atom is 0.255 e. The Labute approximate surface area is 165 Å². The van der Waals surface area contributed by atoms with Crippen molar-refractivity contribution in [2.45, 2.75) is 32.9 Å². The van der Waals surface area contributed by atoms with Crippen LogP contribution in [-0.2, 0) is 4.79 Å². The second kappa shape index (κ2) is 9.56. The minimum absolute atomic E-state index is 0.105. The number of nitriles is 1. The molecular formula is C22H25N3O3. The number of rotatable bonds is 7. The molecule has 0 aromatic heterocycles. The van der Waals surface area contributed by atoms with Crippen molar-refractivity contribution in [1.29, 1.82) is 5.26 Å². The quantitative estimate of drug-likeness (QED) is 0.773. The zero-order valence-electron chi connectivity index (χ0n) is 16.5. The SMILES string of the molecule is COc1ccccc1C(=O)NC(C(=O)NC(C)c1ccc(C#N)cc1)C(C)C. The number of ether oxygens (including phenoxy) is 1. The molecule has 0 heterocycles. The van der Waals surface area contributed by atoms with Crippen molar-refractivity contribution in [1.82, 2.24) is 10.6 Å². The maximum atomic E-state index is 12.8. The van der Waals surface area contributed by atoms with Gasteiger partial charge in [-0.15, -0.1) is 0 Å². The number of benzene rings is 2. The lowest BCUT2D eigenvalue weighted by atomic mass is 10.0. The van der Waals surface area contributed by atoms with Crippen LogP contribution in [0.3, 0.4) is 0 Å². The van der Waals surface area contributed by atoms with Gasteiger partial charge in [0.15, 0.2) is 0 Å². The number of para-hydroxylation sites is 1. The largest absolute Gasteiger partial charge is 0.496 e. The van der Waals surface area contributed by atoms with Crippen LogP contribution in [0.2, 0.25) is 0 Å². The molecule has 0 aliphatic rings. The molecule has 0 fully saturated rings. The van der Waals surface area contributed by atoms with E-state index in [4.69, 9.17) is 10.00 Å². The number of hydrogen-bond donors (Lipinski definition) is 2. The molecule has 0 bridgehead atoms. The van der Waals surface area contributed by atoms with E-state index in [0.29, 0.717) is 16.9 Å². The van der Waals surface area contributed by atoms with Crippen LogP contribution in [0.15, 0.2) is 48.5 Å². The first-order valence-electron chi connectivity index (χ1n) is 9.11. The smallest absolute Gasteiger partial charge is 0.255 e. The molecule has 6 heteroatoms. The Bertz CT molecular complexity index is 869. The number of hydrogen-bond acceptors (Lipinski definition) is 4. The van der Waals surface area contributed by atoms with Gasteiger partial charge < -0.3 is 15.4 Å². The van der Waals surface area contributed by atoms with E-state index in [1.807, 2.05) is 20.8 Å². The molecule has 0 radical (unpaired) electrons. The molecule has 2 aromatic rings. The highest BCUT2D eigenvalue weighted by atomic mass is 16.5. The van der Waals surface area contributed by atoms with Crippen LogP contribution >= 0.6 is 0 Å². The van der Waals surface area contributed by atoms with Crippen molar-refractivity contribution < 1.29 is 14.3 Å². The standard InChI is InChI=1S/C22H25N3O3/c1-14(2)20(25-21(26)18-7-5-6-8-19(18)28-4)22(27)24-15(3)17-11-9-16(13-23)10-12-17/h5-12,14-15,20H,1-4H3,(H,24,27)(H,25,26). The zero-order chi connectivity index (χ0) is 20.7. The number of carbonyl (C=O) groups excluding carboxylic acids is 2. The lowest BCUT2D eigenvalue weighted by molar-refractivity contribution is -0.124. The summed E-state index contributed by atoms with van der Waals surface area (Å²) in [4.78, 5) is 25.5. The zero-order valence-corrected chi connectivity index (χ0v) is 16.5. The van der Waals surface area contributed by atoms with Crippen molar-refractivity contribution in [3.63, 3.8) is 0 Å². The van der Waals surface area contributed by atoms with Gasteiger partial charge in [-0.25, -0.2) is 0 Å². The molecule has 146 valence electrons. The van der Waals surface area contributed by atoms with Crippen LogP contribution in [0.4, 0.5) is 0 Å². The van der Waals surface area contributed by atoms with E-state index in [9.17, 15) is 9.59 Å². The minimum atomic E-state index is -0.696. The summed E-state index contributed by atoms with van der Waals surface area (Å²) in [5.41, 5.74) is 1.82. The average molecular weight is 379 g/mol. The van der Waals surface area contributed by atoms with E-state index in [-0.39, 0.29) is 23.8 Å². The molecule has 2 atom stereocenters. The monoisotopic (exact) mass is 379 g/mol. The topological polar surface area (TPSA) is 91.2 Å². The number of carbonyl (C=O) groups is 2. The summed E-state index contributed by atoms with van der Waals surface area (Å²) in [6.07, 6.45) is 0. The van der Waals surface area contributed by atoms with Crippen molar-refractivity contribution in [2.24, 2.45) is 5.92 Å². The van der Waals surface area contributed by atoms with Gasteiger partial charge >= 0.3 is 0 Å². The van der Waals surface area contributed by atoms with Gasteiger partial charge in [-0.05, 0) is 42.7 Å². The lowest BCUT2D eigenvalue weighted by Crippen LogP contribution is -2.50.